The zero-order valence-corrected chi connectivity index (χ0v) is 13.8. The van der Waals surface area contributed by atoms with Gasteiger partial charge in [0.1, 0.15) is 0 Å². The minimum atomic E-state index is -3.18. The Morgan fingerprint density at radius 1 is 1.43 bits per heavy atom. The third-order valence-electron chi connectivity index (χ3n) is 3.67. The second-order valence-electron chi connectivity index (χ2n) is 5.30. The highest BCUT2D eigenvalue weighted by Crippen LogP contribution is 2.27. The van der Waals surface area contributed by atoms with Crippen molar-refractivity contribution in [2.75, 3.05) is 13.7 Å². The topological polar surface area (TPSA) is 57.6 Å². The van der Waals surface area contributed by atoms with E-state index in [1.54, 1.807) is 7.05 Å². The SMILES string of the molecule is CN(Cc1csc(C#CCCO)c1)S(=O)(=O)C1CCCC1. The van der Waals surface area contributed by atoms with Crippen LogP contribution in [0.5, 0.6) is 0 Å². The van der Waals surface area contributed by atoms with Gasteiger partial charge in [0.05, 0.1) is 16.7 Å². The summed E-state index contributed by atoms with van der Waals surface area (Å²) in [6, 6.07) is 1.93. The molecule has 0 unspecified atom stereocenters. The molecule has 1 aromatic rings. The van der Waals surface area contributed by atoms with Crippen LogP contribution >= 0.6 is 11.3 Å². The first-order valence-corrected chi connectivity index (χ1v) is 9.54. The average molecular weight is 327 g/mol. The minimum Gasteiger partial charge on any atom is -0.395 e. The lowest BCUT2D eigenvalue weighted by Crippen LogP contribution is -2.34. The Morgan fingerprint density at radius 3 is 2.81 bits per heavy atom. The summed E-state index contributed by atoms with van der Waals surface area (Å²) in [4.78, 5) is 0.908. The molecule has 2 rings (SSSR count). The summed E-state index contributed by atoms with van der Waals surface area (Å²) in [5, 5.41) is 10.4. The number of hydrogen-bond acceptors (Lipinski definition) is 4. The van der Waals surface area contributed by atoms with Gasteiger partial charge < -0.3 is 5.11 Å². The number of aliphatic hydroxyl groups excluding tert-OH is 1. The van der Waals surface area contributed by atoms with Gasteiger partial charge in [0.25, 0.3) is 0 Å². The Kier molecular flexibility index (Phi) is 5.82. The molecule has 0 aliphatic heterocycles. The van der Waals surface area contributed by atoms with Gasteiger partial charge in [0, 0.05) is 20.0 Å². The first-order chi connectivity index (χ1) is 10.0. The van der Waals surface area contributed by atoms with Crippen LogP contribution in [0.4, 0.5) is 0 Å². The van der Waals surface area contributed by atoms with E-state index in [4.69, 9.17) is 5.11 Å². The molecule has 0 atom stereocenters. The van der Waals surface area contributed by atoms with E-state index in [-0.39, 0.29) is 11.9 Å². The van der Waals surface area contributed by atoms with E-state index in [0.717, 1.165) is 36.1 Å². The van der Waals surface area contributed by atoms with E-state index in [1.807, 2.05) is 11.4 Å². The lowest BCUT2D eigenvalue weighted by Gasteiger charge is -2.20. The molecule has 1 saturated carbocycles. The molecular weight excluding hydrogens is 306 g/mol. The summed E-state index contributed by atoms with van der Waals surface area (Å²) in [7, 11) is -1.52. The monoisotopic (exact) mass is 327 g/mol. The number of nitrogens with zero attached hydrogens (tertiary/aromatic N) is 1. The van der Waals surface area contributed by atoms with E-state index >= 15 is 0 Å². The van der Waals surface area contributed by atoms with Crippen molar-refractivity contribution in [1.29, 1.82) is 0 Å². The van der Waals surface area contributed by atoms with Crippen molar-refractivity contribution in [3.63, 3.8) is 0 Å². The molecule has 0 amide bonds. The fraction of sp³-hybridized carbons (Fsp3) is 0.600. The molecule has 116 valence electrons. The van der Waals surface area contributed by atoms with E-state index in [9.17, 15) is 8.42 Å². The van der Waals surface area contributed by atoms with Crippen molar-refractivity contribution in [3.8, 4) is 11.8 Å². The summed E-state index contributed by atoms with van der Waals surface area (Å²) in [6.45, 7) is 0.463. The molecule has 1 aromatic heterocycles. The molecular formula is C15H21NO3S2. The molecule has 0 aromatic carbocycles. The van der Waals surface area contributed by atoms with Crippen LogP contribution in [0.3, 0.4) is 0 Å². The van der Waals surface area contributed by atoms with Gasteiger partial charge in [-0.1, -0.05) is 24.7 Å². The first-order valence-electron chi connectivity index (χ1n) is 7.16. The van der Waals surface area contributed by atoms with Crippen LogP contribution in [0.25, 0.3) is 0 Å². The number of aliphatic hydroxyl groups is 1. The van der Waals surface area contributed by atoms with E-state index in [0.29, 0.717) is 13.0 Å². The molecule has 1 aliphatic carbocycles. The summed E-state index contributed by atoms with van der Waals surface area (Å²) < 4.78 is 26.3. The Bertz CT molecular complexity index is 619. The number of hydrogen-bond donors (Lipinski definition) is 1. The van der Waals surface area contributed by atoms with Crippen LogP contribution in [-0.4, -0.2) is 36.7 Å². The number of sulfonamides is 1. The normalized spacial score (nSPS) is 16.1. The smallest absolute Gasteiger partial charge is 0.217 e. The van der Waals surface area contributed by atoms with Crippen LogP contribution in [0.15, 0.2) is 11.4 Å². The van der Waals surface area contributed by atoms with Gasteiger partial charge in [-0.3, -0.25) is 0 Å². The van der Waals surface area contributed by atoms with Crippen molar-refractivity contribution in [3.05, 3.63) is 21.9 Å². The molecule has 1 aliphatic rings. The van der Waals surface area contributed by atoms with Gasteiger partial charge in [-0.15, -0.1) is 11.3 Å². The largest absolute Gasteiger partial charge is 0.395 e. The van der Waals surface area contributed by atoms with Crippen LogP contribution in [0, 0.1) is 11.8 Å². The van der Waals surface area contributed by atoms with Crippen LogP contribution in [0.2, 0.25) is 0 Å². The highest BCUT2D eigenvalue weighted by atomic mass is 32.2. The standard InChI is InChI=1S/C15H21NO3S2/c1-16(21(18,19)15-7-2-3-8-15)11-13-10-14(20-12-13)6-4-5-9-17/h10,12,15,17H,2-3,5,7-9,11H2,1H3. The fourth-order valence-corrected chi connectivity index (χ4v) is 5.06. The van der Waals surface area contributed by atoms with Gasteiger partial charge >= 0.3 is 0 Å². The van der Waals surface area contributed by atoms with Crippen molar-refractivity contribution >= 4 is 21.4 Å². The van der Waals surface area contributed by atoms with Crippen molar-refractivity contribution < 1.29 is 13.5 Å². The van der Waals surface area contributed by atoms with Gasteiger partial charge in [-0.2, -0.15) is 0 Å². The molecule has 21 heavy (non-hydrogen) atoms. The summed E-state index contributed by atoms with van der Waals surface area (Å²) in [5.74, 6) is 5.85. The lowest BCUT2D eigenvalue weighted by atomic mass is 10.3. The van der Waals surface area contributed by atoms with Crippen LogP contribution in [0.1, 0.15) is 42.5 Å². The number of rotatable bonds is 5. The van der Waals surface area contributed by atoms with Crippen molar-refractivity contribution in [2.45, 2.75) is 43.9 Å². The van der Waals surface area contributed by atoms with E-state index < -0.39 is 10.0 Å². The maximum Gasteiger partial charge on any atom is 0.217 e. The van der Waals surface area contributed by atoms with Crippen LogP contribution < -0.4 is 0 Å². The molecule has 6 heteroatoms. The van der Waals surface area contributed by atoms with Gasteiger partial charge in [0.2, 0.25) is 10.0 Å². The van der Waals surface area contributed by atoms with Crippen molar-refractivity contribution in [2.24, 2.45) is 0 Å². The Hall–Kier alpha value is -0.870. The second-order valence-corrected chi connectivity index (χ2v) is 8.53. The highest BCUT2D eigenvalue weighted by Gasteiger charge is 2.32. The molecule has 0 spiro atoms. The Labute approximate surface area is 130 Å². The quantitative estimate of drug-likeness (QED) is 0.844. The van der Waals surface area contributed by atoms with Crippen molar-refractivity contribution in [1.82, 2.24) is 4.31 Å². The molecule has 1 fully saturated rings. The Balaban J connectivity index is 1.99. The lowest BCUT2D eigenvalue weighted by molar-refractivity contribution is 0.305. The predicted octanol–water partition coefficient (Wildman–Crippen LogP) is 2.19. The fourth-order valence-electron chi connectivity index (χ4n) is 2.52. The Morgan fingerprint density at radius 2 is 2.14 bits per heavy atom. The van der Waals surface area contributed by atoms with Gasteiger partial charge in [-0.05, 0) is 29.9 Å². The minimum absolute atomic E-state index is 0.0631. The molecule has 1 heterocycles. The summed E-state index contributed by atoms with van der Waals surface area (Å²) in [6.07, 6.45) is 4.06. The predicted molar refractivity (Wildman–Crippen MR) is 85.5 cm³/mol. The molecule has 0 radical (unpaired) electrons. The third kappa shape index (κ3) is 4.30. The maximum absolute atomic E-state index is 12.4. The van der Waals surface area contributed by atoms with E-state index in [1.165, 1.54) is 15.6 Å². The molecule has 0 saturated heterocycles. The maximum atomic E-state index is 12.4. The summed E-state index contributed by atoms with van der Waals surface area (Å²) >= 11 is 1.51. The first kappa shape index (κ1) is 16.5. The van der Waals surface area contributed by atoms with Gasteiger partial charge in [-0.25, -0.2) is 12.7 Å². The van der Waals surface area contributed by atoms with Crippen LogP contribution in [-0.2, 0) is 16.6 Å². The van der Waals surface area contributed by atoms with E-state index in [2.05, 4.69) is 11.8 Å². The zero-order chi connectivity index (χ0) is 15.3. The third-order valence-corrected chi connectivity index (χ3v) is 6.87. The molecule has 1 N–H and O–H groups in total. The second kappa shape index (κ2) is 7.41. The average Bonchev–Trinajstić information content (AvgIpc) is 3.10. The highest BCUT2D eigenvalue weighted by molar-refractivity contribution is 7.89. The molecule has 4 nitrogen and oxygen atoms in total. The molecule has 0 bridgehead atoms. The van der Waals surface area contributed by atoms with Gasteiger partial charge in [0.15, 0.2) is 0 Å². The summed E-state index contributed by atoms with van der Waals surface area (Å²) in [5.41, 5.74) is 0.970. The zero-order valence-electron chi connectivity index (χ0n) is 12.2. The number of thiophene rings is 1.